The molecule has 0 aliphatic carbocycles. The summed E-state index contributed by atoms with van der Waals surface area (Å²) in [5.74, 6) is 0. The van der Waals surface area contributed by atoms with Gasteiger partial charge in [-0.1, -0.05) is 31.2 Å². The van der Waals surface area contributed by atoms with Crippen LogP contribution in [0.25, 0.3) is 21.8 Å². The van der Waals surface area contributed by atoms with Crippen LogP contribution in [0.15, 0.2) is 42.5 Å². The van der Waals surface area contributed by atoms with Gasteiger partial charge in [0.2, 0.25) is 0 Å². The average molecular weight is 253 g/mol. The van der Waals surface area contributed by atoms with E-state index in [1.54, 1.807) is 0 Å². The lowest BCUT2D eigenvalue weighted by molar-refractivity contribution is 0.174. The first-order valence-corrected chi connectivity index (χ1v) is 6.95. The summed E-state index contributed by atoms with van der Waals surface area (Å²) in [6.07, 6.45) is 0.380. The van der Waals surface area contributed by atoms with Crippen molar-refractivity contribution in [3.05, 3.63) is 48.0 Å². The van der Waals surface area contributed by atoms with Gasteiger partial charge in [-0.2, -0.15) is 0 Å². The van der Waals surface area contributed by atoms with Crippen LogP contribution in [0.3, 0.4) is 0 Å². The number of aromatic nitrogens is 1. The SMILES string of the molecule is CCC(O)c1ccc2c(c1)c1ccccc1n2CC. The molecule has 0 saturated carbocycles. The largest absolute Gasteiger partial charge is 0.388 e. The zero-order chi connectivity index (χ0) is 13.4. The molecule has 0 amide bonds. The van der Waals surface area contributed by atoms with Crippen molar-refractivity contribution >= 4 is 21.8 Å². The summed E-state index contributed by atoms with van der Waals surface area (Å²) in [4.78, 5) is 0. The molecule has 1 atom stereocenters. The topological polar surface area (TPSA) is 25.2 Å². The Labute approximate surface area is 113 Å². The second-order valence-electron chi connectivity index (χ2n) is 4.96. The Morgan fingerprint density at radius 3 is 2.47 bits per heavy atom. The highest BCUT2D eigenvalue weighted by Gasteiger charge is 2.11. The molecular formula is C17H19NO. The van der Waals surface area contributed by atoms with E-state index < -0.39 is 0 Å². The maximum Gasteiger partial charge on any atom is 0.0787 e. The molecule has 0 aliphatic heterocycles. The number of benzene rings is 2. The Hall–Kier alpha value is -1.80. The number of nitrogens with zero attached hydrogens (tertiary/aromatic N) is 1. The van der Waals surface area contributed by atoms with Crippen molar-refractivity contribution in [2.75, 3.05) is 0 Å². The van der Waals surface area contributed by atoms with Crippen LogP contribution in [-0.2, 0) is 6.54 Å². The third-order valence-electron chi connectivity index (χ3n) is 3.88. The summed E-state index contributed by atoms with van der Waals surface area (Å²) in [6, 6.07) is 14.8. The highest BCUT2D eigenvalue weighted by atomic mass is 16.3. The van der Waals surface area contributed by atoms with Gasteiger partial charge in [0.05, 0.1) is 6.10 Å². The van der Waals surface area contributed by atoms with Crippen LogP contribution >= 0.6 is 0 Å². The smallest absolute Gasteiger partial charge is 0.0787 e. The van der Waals surface area contributed by atoms with E-state index in [2.05, 4.69) is 47.9 Å². The van der Waals surface area contributed by atoms with Crippen LogP contribution < -0.4 is 0 Å². The van der Waals surface area contributed by atoms with E-state index in [0.29, 0.717) is 0 Å². The Morgan fingerprint density at radius 1 is 1.00 bits per heavy atom. The fourth-order valence-electron chi connectivity index (χ4n) is 2.85. The van der Waals surface area contributed by atoms with E-state index in [1.807, 2.05) is 13.0 Å². The maximum atomic E-state index is 10.0. The van der Waals surface area contributed by atoms with Gasteiger partial charge in [-0.25, -0.2) is 0 Å². The van der Waals surface area contributed by atoms with Crippen LogP contribution in [0.4, 0.5) is 0 Å². The molecule has 0 aliphatic rings. The molecule has 0 radical (unpaired) electrons. The molecule has 0 spiro atoms. The van der Waals surface area contributed by atoms with Gasteiger partial charge in [0, 0.05) is 28.4 Å². The summed E-state index contributed by atoms with van der Waals surface area (Å²) in [7, 11) is 0. The predicted molar refractivity (Wildman–Crippen MR) is 80.4 cm³/mol. The molecule has 2 aromatic carbocycles. The molecular weight excluding hydrogens is 234 g/mol. The van der Waals surface area contributed by atoms with Crippen LogP contribution in [-0.4, -0.2) is 9.67 Å². The van der Waals surface area contributed by atoms with Gasteiger partial charge in [0.25, 0.3) is 0 Å². The van der Waals surface area contributed by atoms with E-state index in [-0.39, 0.29) is 6.10 Å². The summed E-state index contributed by atoms with van der Waals surface area (Å²) < 4.78 is 2.33. The van der Waals surface area contributed by atoms with Gasteiger partial charge >= 0.3 is 0 Å². The Kier molecular flexibility index (Phi) is 3.03. The predicted octanol–water partition coefficient (Wildman–Crippen LogP) is 4.26. The first-order chi connectivity index (χ1) is 9.26. The maximum absolute atomic E-state index is 10.0. The van der Waals surface area contributed by atoms with Crippen molar-refractivity contribution in [1.29, 1.82) is 0 Å². The first-order valence-electron chi connectivity index (χ1n) is 6.95. The van der Waals surface area contributed by atoms with Gasteiger partial charge in [-0.3, -0.25) is 0 Å². The molecule has 3 aromatic rings. The molecule has 0 fully saturated rings. The number of hydrogen-bond acceptors (Lipinski definition) is 1. The van der Waals surface area contributed by atoms with Crippen molar-refractivity contribution in [3.63, 3.8) is 0 Å². The highest BCUT2D eigenvalue weighted by Crippen LogP contribution is 2.31. The van der Waals surface area contributed by atoms with Crippen LogP contribution in [0.1, 0.15) is 31.9 Å². The molecule has 1 aromatic heterocycles. The molecule has 2 nitrogen and oxygen atoms in total. The molecule has 3 rings (SSSR count). The monoisotopic (exact) mass is 253 g/mol. The van der Waals surface area contributed by atoms with Gasteiger partial charge in [0.1, 0.15) is 0 Å². The molecule has 1 unspecified atom stereocenters. The zero-order valence-corrected chi connectivity index (χ0v) is 11.4. The molecule has 0 bridgehead atoms. The van der Waals surface area contributed by atoms with Crippen LogP contribution in [0.2, 0.25) is 0 Å². The minimum absolute atomic E-state index is 0.367. The number of rotatable bonds is 3. The van der Waals surface area contributed by atoms with Gasteiger partial charge < -0.3 is 9.67 Å². The fraction of sp³-hybridized carbons (Fsp3) is 0.294. The van der Waals surface area contributed by atoms with Gasteiger partial charge in [-0.15, -0.1) is 0 Å². The number of fused-ring (bicyclic) bond motifs is 3. The lowest BCUT2D eigenvalue weighted by Crippen LogP contribution is -1.96. The van der Waals surface area contributed by atoms with Crippen molar-refractivity contribution in [2.45, 2.75) is 32.9 Å². The lowest BCUT2D eigenvalue weighted by Gasteiger charge is -2.08. The second-order valence-corrected chi connectivity index (χ2v) is 4.96. The number of hydrogen-bond donors (Lipinski definition) is 1. The van der Waals surface area contributed by atoms with E-state index in [0.717, 1.165) is 18.5 Å². The van der Waals surface area contributed by atoms with Crippen molar-refractivity contribution in [1.82, 2.24) is 4.57 Å². The second kappa shape index (κ2) is 4.71. The summed E-state index contributed by atoms with van der Waals surface area (Å²) in [5, 5.41) is 12.5. The number of aliphatic hydroxyl groups is 1. The van der Waals surface area contributed by atoms with Crippen LogP contribution in [0, 0.1) is 0 Å². The van der Waals surface area contributed by atoms with E-state index in [4.69, 9.17) is 0 Å². The minimum atomic E-state index is -0.367. The van der Waals surface area contributed by atoms with Crippen molar-refractivity contribution in [2.24, 2.45) is 0 Å². The van der Waals surface area contributed by atoms with E-state index in [1.165, 1.54) is 21.8 Å². The van der Waals surface area contributed by atoms with Gasteiger partial charge in [-0.05, 0) is 37.1 Å². The van der Waals surface area contributed by atoms with E-state index >= 15 is 0 Å². The molecule has 1 N–H and O–H groups in total. The quantitative estimate of drug-likeness (QED) is 0.741. The van der Waals surface area contributed by atoms with Crippen molar-refractivity contribution in [3.8, 4) is 0 Å². The Bertz CT molecular complexity index is 727. The molecule has 0 saturated heterocycles. The van der Waals surface area contributed by atoms with Crippen molar-refractivity contribution < 1.29 is 5.11 Å². The third-order valence-corrected chi connectivity index (χ3v) is 3.88. The van der Waals surface area contributed by atoms with Gasteiger partial charge in [0.15, 0.2) is 0 Å². The Balaban J connectivity index is 2.36. The third kappa shape index (κ3) is 1.83. The normalized spacial score (nSPS) is 13.2. The fourth-order valence-corrected chi connectivity index (χ4v) is 2.85. The standard InChI is InChI=1S/C17H19NO/c1-3-17(19)12-9-10-16-14(11-12)13-7-5-6-8-15(13)18(16)4-2/h5-11,17,19H,3-4H2,1-2H3. The molecule has 98 valence electrons. The number of para-hydroxylation sites is 1. The van der Waals surface area contributed by atoms with E-state index in [9.17, 15) is 5.11 Å². The Morgan fingerprint density at radius 2 is 1.74 bits per heavy atom. The summed E-state index contributed by atoms with van der Waals surface area (Å²) in [6.45, 7) is 5.13. The average Bonchev–Trinajstić information content (AvgIpc) is 2.79. The summed E-state index contributed by atoms with van der Waals surface area (Å²) >= 11 is 0. The number of aryl methyl sites for hydroxylation is 1. The zero-order valence-electron chi connectivity index (χ0n) is 11.4. The minimum Gasteiger partial charge on any atom is -0.388 e. The molecule has 19 heavy (non-hydrogen) atoms. The first kappa shape index (κ1) is 12.2. The lowest BCUT2D eigenvalue weighted by atomic mass is 10.0. The highest BCUT2D eigenvalue weighted by molar-refractivity contribution is 6.08. The molecule has 2 heteroatoms. The summed E-state index contributed by atoms with van der Waals surface area (Å²) in [5.41, 5.74) is 3.52. The van der Waals surface area contributed by atoms with Crippen LogP contribution in [0.5, 0.6) is 0 Å². The number of aliphatic hydroxyl groups excluding tert-OH is 1. The molecule has 1 heterocycles.